The second-order valence-corrected chi connectivity index (χ2v) is 9.63. The molecule has 0 N–H and O–H groups in total. The summed E-state index contributed by atoms with van der Waals surface area (Å²) in [6.45, 7) is 10.9. The van der Waals surface area contributed by atoms with Gasteiger partial charge < -0.3 is 9.64 Å². The topological polar surface area (TPSA) is 58.6 Å². The number of carbonyl (C=O) groups is 1. The van der Waals surface area contributed by atoms with Gasteiger partial charge in [0.2, 0.25) is 5.28 Å². The van der Waals surface area contributed by atoms with Crippen molar-refractivity contribution in [2.75, 3.05) is 37.7 Å². The number of carbonyl (C=O) groups excluding carboxylic acids is 1. The van der Waals surface area contributed by atoms with Gasteiger partial charge in [-0.3, -0.25) is 4.90 Å². The first-order chi connectivity index (χ1) is 14.9. The van der Waals surface area contributed by atoms with E-state index in [1.807, 2.05) is 26.8 Å². The molecule has 1 fully saturated rings. The number of hydrogen-bond donors (Lipinski definition) is 0. The summed E-state index contributed by atoms with van der Waals surface area (Å²) in [7, 11) is 0. The SMILES string of the molecule is Cc1c(C(=O)OCC(C)C)sc2nc(Cl)nc(N3CCN(Cc4ccccc4)CC3)c12. The Bertz CT molecular complexity index is 1060. The number of anilines is 1. The maximum absolute atomic E-state index is 12.6. The Balaban J connectivity index is 1.54. The molecule has 0 saturated carbocycles. The van der Waals surface area contributed by atoms with Gasteiger partial charge in [-0.2, -0.15) is 4.98 Å². The van der Waals surface area contributed by atoms with Crippen molar-refractivity contribution in [2.24, 2.45) is 5.92 Å². The Morgan fingerprint density at radius 2 is 1.87 bits per heavy atom. The van der Waals surface area contributed by atoms with E-state index in [2.05, 4.69) is 44.0 Å². The van der Waals surface area contributed by atoms with Crippen LogP contribution >= 0.6 is 22.9 Å². The second-order valence-electron chi connectivity index (χ2n) is 8.29. The van der Waals surface area contributed by atoms with E-state index in [0.29, 0.717) is 11.5 Å². The number of nitrogens with zero attached hydrogens (tertiary/aromatic N) is 4. The van der Waals surface area contributed by atoms with Gasteiger partial charge in [0.25, 0.3) is 0 Å². The second kappa shape index (κ2) is 9.51. The normalized spacial score (nSPS) is 15.1. The van der Waals surface area contributed by atoms with Crippen molar-refractivity contribution in [1.82, 2.24) is 14.9 Å². The van der Waals surface area contributed by atoms with E-state index in [1.54, 1.807) is 0 Å². The molecule has 8 heteroatoms. The number of ether oxygens (including phenoxy) is 1. The summed E-state index contributed by atoms with van der Waals surface area (Å²) < 4.78 is 5.46. The quantitative estimate of drug-likeness (QED) is 0.391. The Hall–Kier alpha value is -2.22. The van der Waals surface area contributed by atoms with Gasteiger partial charge in [0.05, 0.1) is 12.0 Å². The first kappa shape index (κ1) is 22.0. The summed E-state index contributed by atoms with van der Waals surface area (Å²) in [5.74, 6) is 0.797. The molecule has 1 aromatic carbocycles. The zero-order valence-corrected chi connectivity index (χ0v) is 19.7. The highest BCUT2D eigenvalue weighted by Gasteiger charge is 2.26. The third kappa shape index (κ3) is 5.00. The minimum Gasteiger partial charge on any atom is -0.461 e. The molecule has 0 unspecified atom stereocenters. The molecule has 3 aromatic rings. The first-order valence-corrected chi connectivity index (χ1v) is 11.8. The molecule has 3 heterocycles. The van der Waals surface area contributed by atoms with Gasteiger partial charge in [-0.25, -0.2) is 9.78 Å². The van der Waals surface area contributed by atoms with Crippen molar-refractivity contribution >= 4 is 44.9 Å². The summed E-state index contributed by atoms with van der Waals surface area (Å²) >= 11 is 7.59. The molecule has 0 radical (unpaired) electrons. The van der Waals surface area contributed by atoms with E-state index in [4.69, 9.17) is 16.3 Å². The number of piperazine rings is 1. The lowest BCUT2D eigenvalue weighted by molar-refractivity contribution is 0.0464. The largest absolute Gasteiger partial charge is 0.461 e. The van der Waals surface area contributed by atoms with Crippen LogP contribution in [0.1, 0.15) is 34.6 Å². The van der Waals surface area contributed by atoms with Crippen molar-refractivity contribution in [2.45, 2.75) is 27.3 Å². The van der Waals surface area contributed by atoms with Gasteiger partial charge in [-0.1, -0.05) is 44.2 Å². The maximum Gasteiger partial charge on any atom is 0.348 e. The molecule has 0 atom stereocenters. The molecule has 6 nitrogen and oxygen atoms in total. The molecule has 0 aliphatic carbocycles. The zero-order chi connectivity index (χ0) is 22.0. The van der Waals surface area contributed by atoms with Crippen LogP contribution in [0.4, 0.5) is 5.82 Å². The molecule has 0 amide bonds. The Morgan fingerprint density at radius 1 is 1.16 bits per heavy atom. The van der Waals surface area contributed by atoms with Crippen LogP contribution in [0.5, 0.6) is 0 Å². The number of rotatable bonds is 6. The van der Waals surface area contributed by atoms with Gasteiger partial charge in [-0.05, 0) is 35.6 Å². The fourth-order valence-corrected chi connectivity index (χ4v) is 5.07. The number of benzene rings is 1. The van der Waals surface area contributed by atoms with E-state index in [0.717, 1.165) is 54.3 Å². The fourth-order valence-electron chi connectivity index (χ4n) is 3.78. The van der Waals surface area contributed by atoms with Gasteiger partial charge in [0, 0.05) is 32.7 Å². The van der Waals surface area contributed by atoms with Crippen molar-refractivity contribution in [3.8, 4) is 0 Å². The molecule has 1 aliphatic heterocycles. The van der Waals surface area contributed by atoms with Crippen molar-refractivity contribution in [1.29, 1.82) is 0 Å². The van der Waals surface area contributed by atoms with Crippen LogP contribution in [0, 0.1) is 12.8 Å². The van der Waals surface area contributed by atoms with Crippen molar-refractivity contribution < 1.29 is 9.53 Å². The Morgan fingerprint density at radius 3 is 2.55 bits per heavy atom. The summed E-state index contributed by atoms with van der Waals surface area (Å²) in [6.07, 6.45) is 0. The number of thiophene rings is 1. The molecular weight excluding hydrogens is 432 g/mol. The van der Waals surface area contributed by atoms with Crippen LogP contribution in [-0.2, 0) is 11.3 Å². The van der Waals surface area contributed by atoms with Crippen LogP contribution < -0.4 is 4.90 Å². The number of aryl methyl sites for hydroxylation is 1. The minimum absolute atomic E-state index is 0.206. The lowest BCUT2D eigenvalue weighted by atomic mass is 10.1. The van der Waals surface area contributed by atoms with E-state index < -0.39 is 0 Å². The Labute approximate surface area is 191 Å². The van der Waals surface area contributed by atoms with Crippen LogP contribution in [0.25, 0.3) is 10.2 Å². The molecule has 1 saturated heterocycles. The first-order valence-electron chi connectivity index (χ1n) is 10.6. The number of esters is 1. The highest BCUT2D eigenvalue weighted by atomic mass is 35.5. The van der Waals surface area contributed by atoms with Gasteiger partial charge in [-0.15, -0.1) is 11.3 Å². The smallest absolute Gasteiger partial charge is 0.348 e. The zero-order valence-electron chi connectivity index (χ0n) is 18.1. The van der Waals surface area contributed by atoms with E-state index in [-0.39, 0.29) is 17.2 Å². The van der Waals surface area contributed by atoms with Crippen LogP contribution in [-0.4, -0.2) is 53.6 Å². The summed E-state index contributed by atoms with van der Waals surface area (Å²) in [4.78, 5) is 27.6. The van der Waals surface area contributed by atoms with E-state index >= 15 is 0 Å². The number of hydrogen-bond acceptors (Lipinski definition) is 7. The molecule has 4 rings (SSSR count). The standard InChI is InChI=1S/C23H27ClN4O2S/c1-15(2)14-30-22(29)19-16(3)18-20(25-23(24)26-21(18)31-19)28-11-9-27(10-12-28)13-17-7-5-4-6-8-17/h4-8,15H,9-14H2,1-3H3. The molecule has 0 spiro atoms. The number of aromatic nitrogens is 2. The third-order valence-electron chi connectivity index (χ3n) is 5.40. The molecular formula is C23H27ClN4O2S. The third-order valence-corrected chi connectivity index (χ3v) is 6.73. The highest BCUT2D eigenvalue weighted by molar-refractivity contribution is 7.20. The molecule has 1 aliphatic rings. The lowest BCUT2D eigenvalue weighted by Gasteiger charge is -2.35. The van der Waals surface area contributed by atoms with Gasteiger partial charge in [0.15, 0.2) is 0 Å². The van der Waals surface area contributed by atoms with Crippen LogP contribution in [0.15, 0.2) is 30.3 Å². The average Bonchev–Trinajstić information content (AvgIpc) is 3.09. The fraction of sp³-hybridized carbons (Fsp3) is 0.435. The number of halogens is 1. The van der Waals surface area contributed by atoms with Crippen LogP contribution in [0.3, 0.4) is 0 Å². The lowest BCUT2D eigenvalue weighted by Crippen LogP contribution is -2.46. The summed E-state index contributed by atoms with van der Waals surface area (Å²) in [6, 6.07) is 10.5. The summed E-state index contributed by atoms with van der Waals surface area (Å²) in [5, 5.41) is 1.11. The van der Waals surface area contributed by atoms with Crippen LogP contribution in [0.2, 0.25) is 5.28 Å². The van der Waals surface area contributed by atoms with Crippen molar-refractivity contribution in [3.05, 3.63) is 51.6 Å². The minimum atomic E-state index is -0.302. The number of fused-ring (bicyclic) bond motifs is 1. The molecule has 164 valence electrons. The van der Waals surface area contributed by atoms with E-state index in [1.165, 1.54) is 16.9 Å². The van der Waals surface area contributed by atoms with Gasteiger partial charge >= 0.3 is 5.97 Å². The average molecular weight is 459 g/mol. The molecule has 2 aromatic heterocycles. The van der Waals surface area contributed by atoms with E-state index in [9.17, 15) is 4.79 Å². The highest BCUT2D eigenvalue weighted by Crippen LogP contribution is 2.37. The monoisotopic (exact) mass is 458 g/mol. The predicted octanol–water partition coefficient (Wildman–Crippen LogP) is 4.79. The predicted molar refractivity (Wildman–Crippen MR) is 126 cm³/mol. The maximum atomic E-state index is 12.6. The summed E-state index contributed by atoms with van der Waals surface area (Å²) in [5.41, 5.74) is 2.19. The Kier molecular flexibility index (Phi) is 6.74. The van der Waals surface area contributed by atoms with Gasteiger partial charge in [0.1, 0.15) is 15.5 Å². The van der Waals surface area contributed by atoms with Crippen molar-refractivity contribution in [3.63, 3.8) is 0 Å². The molecule has 0 bridgehead atoms. The molecule has 31 heavy (non-hydrogen) atoms.